The summed E-state index contributed by atoms with van der Waals surface area (Å²) in [6.07, 6.45) is 0.905. The highest BCUT2D eigenvalue weighted by Crippen LogP contribution is 2.35. The van der Waals surface area contributed by atoms with Crippen molar-refractivity contribution in [1.29, 1.82) is 0 Å². The number of nitrogens with zero attached hydrogens (tertiary/aromatic N) is 3. The van der Waals surface area contributed by atoms with Crippen LogP contribution in [-0.2, 0) is 21.2 Å². The maximum Gasteiger partial charge on any atom is 0.152 e. The zero-order valence-electron chi connectivity index (χ0n) is 23.2. The molecule has 0 saturated carbocycles. The summed E-state index contributed by atoms with van der Waals surface area (Å²) in [6.45, 7) is 3.64. The van der Waals surface area contributed by atoms with Gasteiger partial charge in [0, 0.05) is 33.8 Å². The Morgan fingerprint density at radius 1 is 1.09 bits per heavy atom. The Morgan fingerprint density at radius 2 is 1.93 bits per heavy atom. The van der Waals surface area contributed by atoms with Crippen LogP contribution in [0.2, 0.25) is 0 Å². The molecule has 0 fully saturated rings. The fraction of sp³-hybridized carbons (Fsp3) is 0.233. The first-order chi connectivity index (χ1) is 20.6. The summed E-state index contributed by atoms with van der Waals surface area (Å²) in [6, 6.07) is 14.6. The third-order valence-corrected chi connectivity index (χ3v) is 9.84. The Balaban J connectivity index is 1.33. The number of ether oxygens (including phenoxy) is 2. The van der Waals surface area contributed by atoms with Crippen molar-refractivity contribution < 1.29 is 26.7 Å². The van der Waals surface area contributed by atoms with E-state index in [2.05, 4.69) is 36.2 Å². The van der Waals surface area contributed by atoms with Crippen LogP contribution in [-0.4, -0.2) is 41.5 Å². The maximum atomic E-state index is 15.2. The van der Waals surface area contributed by atoms with Gasteiger partial charge in [0.25, 0.3) is 0 Å². The van der Waals surface area contributed by atoms with Gasteiger partial charge in [-0.2, -0.15) is 0 Å². The van der Waals surface area contributed by atoms with E-state index in [1.807, 2.05) is 12.1 Å². The third-order valence-electron chi connectivity index (χ3n) is 6.55. The van der Waals surface area contributed by atoms with Crippen LogP contribution in [0.25, 0.3) is 22.2 Å². The molecule has 43 heavy (non-hydrogen) atoms. The van der Waals surface area contributed by atoms with Crippen molar-refractivity contribution in [3.05, 3.63) is 93.0 Å². The predicted octanol–water partition coefficient (Wildman–Crippen LogP) is 7.63. The van der Waals surface area contributed by atoms with E-state index in [4.69, 9.17) is 9.47 Å². The van der Waals surface area contributed by atoms with Crippen LogP contribution in [0.5, 0.6) is 5.75 Å². The van der Waals surface area contributed by atoms with Gasteiger partial charge in [0.2, 0.25) is 0 Å². The highest BCUT2D eigenvalue weighted by atomic mass is 79.9. The third kappa shape index (κ3) is 7.71. The minimum absolute atomic E-state index is 0.0547. The molecule has 0 aliphatic rings. The van der Waals surface area contributed by atoms with Gasteiger partial charge >= 0.3 is 0 Å². The van der Waals surface area contributed by atoms with Crippen LogP contribution in [0, 0.1) is 11.6 Å². The Kier molecular flexibility index (Phi) is 9.65. The molecule has 0 aliphatic heterocycles. The maximum absolute atomic E-state index is 15.2. The smallest absolute Gasteiger partial charge is 0.152 e. The number of hydrogen-bond donors (Lipinski definition) is 1. The first kappa shape index (κ1) is 30.9. The number of rotatable bonds is 12. The summed E-state index contributed by atoms with van der Waals surface area (Å²) >= 11 is 4.83. The zero-order valence-corrected chi connectivity index (χ0v) is 26.4. The van der Waals surface area contributed by atoms with Gasteiger partial charge in [-0.1, -0.05) is 19.1 Å². The molecule has 0 aliphatic carbocycles. The van der Waals surface area contributed by atoms with E-state index in [1.165, 1.54) is 35.9 Å². The van der Waals surface area contributed by atoms with Crippen LogP contribution in [0.1, 0.15) is 30.5 Å². The lowest BCUT2D eigenvalue weighted by Crippen LogP contribution is -2.15. The average molecular weight is 690 g/mol. The van der Waals surface area contributed by atoms with Gasteiger partial charge in [-0.05, 0) is 64.8 Å². The SMILES string of the molecule is CCS(=O)(=O)CCOC(C)c1nc(-c2cc3c(Nc4ccc(OCc5cccc(F)c5)c(Br)c4)ncnc3cc2F)cs1. The van der Waals surface area contributed by atoms with Gasteiger partial charge in [0.15, 0.2) is 9.84 Å². The van der Waals surface area contributed by atoms with Gasteiger partial charge < -0.3 is 14.8 Å². The van der Waals surface area contributed by atoms with Crippen LogP contribution < -0.4 is 10.1 Å². The number of halogens is 3. The predicted molar refractivity (Wildman–Crippen MR) is 167 cm³/mol. The molecule has 1 unspecified atom stereocenters. The molecule has 13 heteroatoms. The second-order valence-corrected chi connectivity index (χ2v) is 13.8. The number of sulfone groups is 1. The Hall–Kier alpha value is -3.52. The van der Waals surface area contributed by atoms with E-state index in [0.29, 0.717) is 48.9 Å². The standard InChI is InChI=1S/C30H27BrF2N4O4S2/c1-3-43(38,39)10-9-40-18(2)30-37-27(16-42-30)22-13-23-26(14-25(22)33)34-17-35-29(23)36-21-7-8-28(24(31)12-21)41-15-19-5-4-6-20(32)11-19/h4-8,11-14,16-18H,3,9-10,15H2,1-2H3,(H,34,35,36). The minimum atomic E-state index is -3.14. The molecule has 8 nitrogen and oxygen atoms in total. The van der Waals surface area contributed by atoms with Crippen molar-refractivity contribution >= 4 is 59.5 Å². The summed E-state index contributed by atoms with van der Waals surface area (Å²) in [5.74, 6) is 0.230. The van der Waals surface area contributed by atoms with E-state index in [1.54, 1.807) is 43.5 Å². The Morgan fingerprint density at radius 3 is 2.70 bits per heavy atom. The minimum Gasteiger partial charge on any atom is -0.488 e. The van der Waals surface area contributed by atoms with Crippen LogP contribution >= 0.6 is 27.3 Å². The lowest BCUT2D eigenvalue weighted by molar-refractivity contribution is 0.0775. The topological polar surface area (TPSA) is 103 Å². The van der Waals surface area contributed by atoms with E-state index >= 15 is 4.39 Å². The summed E-state index contributed by atoms with van der Waals surface area (Å²) in [4.78, 5) is 13.2. The number of thiazole rings is 1. The Bertz CT molecular complexity index is 1870. The summed E-state index contributed by atoms with van der Waals surface area (Å²) < 4.78 is 64.4. The molecule has 0 radical (unpaired) electrons. The molecule has 1 atom stereocenters. The normalized spacial score (nSPS) is 12.4. The Labute approximate surface area is 260 Å². The molecule has 5 aromatic rings. The van der Waals surface area contributed by atoms with Crippen LogP contribution in [0.3, 0.4) is 0 Å². The molecule has 0 bridgehead atoms. The number of hydrogen-bond acceptors (Lipinski definition) is 9. The van der Waals surface area contributed by atoms with Crippen molar-refractivity contribution in [2.24, 2.45) is 0 Å². The van der Waals surface area contributed by atoms with Gasteiger partial charge in [-0.15, -0.1) is 11.3 Å². The monoisotopic (exact) mass is 688 g/mol. The summed E-state index contributed by atoms with van der Waals surface area (Å²) in [5.41, 5.74) is 2.52. The van der Waals surface area contributed by atoms with Gasteiger partial charge in [-0.25, -0.2) is 32.2 Å². The van der Waals surface area contributed by atoms with Crippen LogP contribution in [0.4, 0.5) is 20.3 Å². The van der Waals surface area contributed by atoms with Crippen molar-refractivity contribution in [3.63, 3.8) is 0 Å². The molecule has 1 N–H and O–H groups in total. The van der Waals surface area contributed by atoms with Crippen molar-refractivity contribution in [3.8, 4) is 17.0 Å². The van der Waals surface area contributed by atoms with Crippen LogP contribution in [0.15, 0.2) is 70.8 Å². The van der Waals surface area contributed by atoms with E-state index in [9.17, 15) is 12.8 Å². The van der Waals surface area contributed by atoms with Crippen molar-refractivity contribution in [2.75, 3.05) is 23.4 Å². The zero-order chi connectivity index (χ0) is 30.6. The molecule has 0 spiro atoms. The number of aromatic nitrogens is 3. The molecular formula is C30H27BrF2N4O4S2. The van der Waals surface area contributed by atoms with E-state index < -0.39 is 21.8 Å². The molecule has 2 heterocycles. The summed E-state index contributed by atoms with van der Waals surface area (Å²) in [7, 11) is -3.14. The fourth-order valence-electron chi connectivity index (χ4n) is 4.16. The number of nitrogens with one attached hydrogen (secondary N) is 1. The number of fused-ring (bicyclic) bond motifs is 1. The molecule has 0 saturated heterocycles. The summed E-state index contributed by atoms with van der Waals surface area (Å²) in [5, 5.41) is 6.19. The highest BCUT2D eigenvalue weighted by Gasteiger charge is 2.18. The first-order valence-electron chi connectivity index (χ1n) is 13.3. The molecule has 224 valence electrons. The van der Waals surface area contributed by atoms with Gasteiger partial charge in [0.1, 0.15) is 47.2 Å². The molecule has 0 amide bonds. The quantitative estimate of drug-likeness (QED) is 0.143. The van der Waals surface area contributed by atoms with Crippen molar-refractivity contribution in [2.45, 2.75) is 26.6 Å². The first-order valence-corrected chi connectivity index (χ1v) is 16.8. The molecule has 3 aromatic carbocycles. The number of benzene rings is 3. The number of anilines is 2. The largest absolute Gasteiger partial charge is 0.488 e. The van der Waals surface area contributed by atoms with Gasteiger partial charge in [0.05, 0.1) is 28.0 Å². The molecule has 5 rings (SSSR count). The lowest BCUT2D eigenvalue weighted by Gasteiger charge is -2.13. The molecular weight excluding hydrogens is 662 g/mol. The van der Waals surface area contributed by atoms with Gasteiger partial charge in [-0.3, -0.25) is 0 Å². The highest BCUT2D eigenvalue weighted by molar-refractivity contribution is 9.10. The second-order valence-electron chi connectivity index (χ2n) is 9.58. The molecule has 2 aromatic heterocycles. The average Bonchev–Trinajstić information content (AvgIpc) is 3.47. The lowest BCUT2D eigenvalue weighted by atomic mass is 10.1. The fourth-order valence-corrected chi connectivity index (χ4v) is 6.11. The van der Waals surface area contributed by atoms with Crippen molar-refractivity contribution in [1.82, 2.24) is 15.0 Å². The van der Waals surface area contributed by atoms with E-state index in [-0.39, 0.29) is 36.1 Å². The van der Waals surface area contributed by atoms with E-state index in [0.717, 1.165) is 0 Å². The second kappa shape index (κ2) is 13.4.